The first-order chi connectivity index (χ1) is 11.2. The quantitative estimate of drug-likeness (QED) is 0.804. The van der Waals surface area contributed by atoms with Crippen LogP contribution in [0.25, 0.3) is 0 Å². The van der Waals surface area contributed by atoms with Crippen LogP contribution in [0, 0.1) is 19.8 Å². The van der Waals surface area contributed by atoms with Gasteiger partial charge in [-0.25, -0.2) is 8.42 Å². The molecule has 1 aliphatic heterocycles. The Morgan fingerprint density at radius 3 is 2.50 bits per heavy atom. The number of aryl methyl sites for hydroxylation is 2. The number of hydrogen-bond donors (Lipinski definition) is 0. The molecule has 1 amide bonds. The highest BCUT2D eigenvalue weighted by Crippen LogP contribution is 2.24. The Hall–Kier alpha value is -1.41. The minimum Gasteiger partial charge on any atom is -0.360 e. The van der Waals surface area contributed by atoms with Crippen LogP contribution in [0.5, 0.6) is 0 Å². The summed E-state index contributed by atoms with van der Waals surface area (Å²) in [7, 11) is -3.64. The van der Waals surface area contributed by atoms with Crippen molar-refractivity contribution in [3.05, 3.63) is 11.5 Å². The fourth-order valence-electron chi connectivity index (χ4n) is 2.93. The fraction of sp³-hybridized carbons (Fsp3) is 0.750. The van der Waals surface area contributed by atoms with Crippen LogP contribution >= 0.6 is 0 Å². The highest BCUT2D eigenvalue weighted by Gasteiger charge is 2.32. The Balaban J connectivity index is 2.06. The summed E-state index contributed by atoms with van der Waals surface area (Å²) in [5.74, 6) is 0.902. The molecule has 0 radical (unpaired) electrons. The standard InChI is InChI=1S/C16H27N3O4S/c1-12(2)6-7-15(20)18-8-5-9-19(11-10-18)24(21,22)16-13(3)17-23-14(16)4/h12H,5-11H2,1-4H3. The molecular weight excluding hydrogens is 330 g/mol. The third-order valence-corrected chi connectivity index (χ3v) is 6.45. The van der Waals surface area contributed by atoms with Gasteiger partial charge in [0.25, 0.3) is 0 Å². The summed E-state index contributed by atoms with van der Waals surface area (Å²) < 4.78 is 32.2. The molecular formula is C16H27N3O4S. The van der Waals surface area contributed by atoms with E-state index in [0.29, 0.717) is 56.4 Å². The molecule has 1 saturated heterocycles. The fourth-order valence-corrected chi connectivity index (χ4v) is 4.69. The second kappa shape index (κ2) is 7.65. The first-order valence-corrected chi connectivity index (χ1v) is 9.88. The zero-order chi connectivity index (χ0) is 17.9. The van der Waals surface area contributed by atoms with Gasteiger partial charge in [0, 0.05) is 32.6 Å². The van der Waals surface area contributed by atoms with Crippen molar-refractivity contribution in [2.24, 2.45) is 5.92 Å². The van der Waals surface area contributed by atoms with E-state index in [2.05, 4.69) is 19.0 Å². The number of amides is 1. The van der Waals surface area contributed by atoms with Gasteiger partial charge in [0.05, 0.1) is 0 Å². The maximum absolute atomic E-state index is 12.9. The minimum absolute atomic E-state index is 0.111. The number of sulfonamides is 1. The smallest absolute Gasteiger partial charge is 0.248 e. The molecule has 1 fully saturated rings. The Morgan fingerprint density at radius 1 is 1.21 bits per heavy atom. The molecule has 136 valence electrons. The summed E-state index contributed by atoms with van der Waals surface area (Å²) in [6.07, 6.45) is 2.01. The lowest BCUT2D eigenvalue weighted by Gasteiger charge is -2.22. The molecule has 7 nitrogen and oxygen atoms in total. The number of carbonyl (C=O) groups is 1. The van der Waals surface area contributed by atoms with E-state index in [0.717, 1.165) is 6.42 Å². The van der Waals surface area contributed by atoms with Crippen molar-refractivity contribution in [3.63, 3.8) is 0 Å². The van der Waals surface area contributed by atoms with Crippen molar-refractivity contribution in [1.82, 2.24) is 14.4 Å². The van der Waals surface area contributed by atoms with Gasteiger partial charge in [-0.3, -0.25) is 4.79 Å². The van der Waals surface area contributed by atoms with E-state index in [1.807, 2.05) is 0 Å². The van der Waals surface area contributed by atoms with E-state index in [9.17, 15) is 13.2 Å². The van der Waals surface area contributed by atoms with Gasteiger partial charge in [-0.2, -0.15) is 4.31 Å². The van der Waals surface area contributed by atoms with Gasteiger partial charge in [0.2, 0.25) is 15.9 Å². The van der Waals surface area contributed by atoms with Crippen LogP contribution in [-0.2, 0) is 14.8 Å². The lowest BCUT2D eigenvalue weighted by Crippen LogP contribution is -2.37. The molecule has 0 spiro atoms. The van der Waals surface area contributed by atoms with E-state index in [-0.39, 0.29) is 10.8 Å². The highest BCUT2D eigenvalue weighted by molar-refractivity contribution is 7.89. The molecule has 2 rings (SSSR count). The predicted octanol–water partition coefficient (Wildman–Crippen LogP) is 1.95. The van der Waals surface area contributed by atoms with Crippen LogP contribution in [0.3, 0.4) is 0 Å². The predicted molar refractivity (Wildman–Crippen MR) is 90.0 cm³/mol. The van der Waals surface area contributed by atoms with Gasteiger partial charge in [0.15, 0.2) is 5.76 Å². The van der Waals surface area contributed by atoms with E-state index >= 15 is 0 Å². The van der Waals surface area contributed by atoms with Crippen LogP contribution in [-0.4, -0.2) is 54.9 Å². The zero-order valence-corrected chi connectivity index (χ0v) is 15.7. The van der Waals surface area contributed by atoms with Gasteiger partial charge in [0.1, 0.15) is 10.6 Å². The summed E-state index contributed by atoms with van der Waals surface area (Å²) in [4.78, 5) is 14.2. The Labute approximate surface area is 144 Å². The summed E-state index contributed by atoms with van der Waals surface area (Å²) in [5.41, 5.74) is 0.376. The number of nitrogens with zero attached hydrogens (tertiary/aromatic N) is 3. The molecule has 1 aliphatic rings. The summed E-state index contributed by atoms with van der Waals surface area (Å²) in [6, 6.07) is 0. The van der Waals surface area contributed by atoms with Crippen molar-refractivity contribution in [2.45, 2.75) is 51.9 Å². The van der Waals surface area contributed by atoms with Gasteiger partial charge in [-0.15, -0.1) is 0 Å². The topological polar surface area (TPSA) is 83.7 Å². The van der Waals surface area contributed by atoms with E-state index < -0.39 is 10.0 Å². The van der Waals surface area contributed by atoms with E-state index in [1.165, 1.54) is 4.31 Å². The SMILES string of the molecule is Cc1noc(C)c1S(=O)(=O)N1CCCN(C(=O)CCC(C)C)CC1. The summed E-state index contributed by atoms with van der Waals surface area (Å²) in [6.45, 7) is 9.15. The second-order valence-electron chi connectivity index (χ2n) is 6.72. The van der Waals surface area contributed by atoms with Crippen LogP contribution < -0.4 is 0 Å². The Kier molecular flexibility index (Phi) is 6.03. The Morgan fingerprint density at radius 2 is 1.92 bits per heavy atom. The zero-order valence-electron chi connectivity index (χ0n) is 14.9. The van der Waals surface area contributed by atoms with Crippen molar-refractivity contribution >= 4 is 15.9 Å². The average Bonchev–Trinajstić information content (AvgIpc) is 2.73. The molecule has 1 aromatic rings. The molecule has 0 N–H and O–H groups in total. The molecule has 0 atom stereocenters. The molecule has 8 heteroatoms. The van der Waals surface area contributed by atoms with Gasteiger partial charge >= 0.3 is 0 Å². The third-order valence-electron chi connectivity index (χ3n) is 4.31. The maximum Gasteiger partial charge on any atom is 0.248 e. The molecule has 0 aliphatic carbocycles. The van der Waals surface area contributed by atoms with Crippen molar-refractivity contribution in [3.8, 4) is 0 Å². The lowest BCUT2D eigenvalue weighted by atomic mass is 10.1. The molecule has 0 unspecified atom stereocenters. The van der Waals surface area contributed by atoms with Crippen LogP contribution in [0.15, 0.2) is 9.42 Å². The minimum atomic E-state index is -3.64. The van der Waals surface area contributed by atoms with Crippen molar-refractivity contribution < 1.29 is 17.7 Å². The van der Waals surface area contributed by atoms with Crippen LogP contribution in [0.1, 0.15) is 44.6 Å². The molecule has 24 heavy (non-hydrogen) atoms. The highest BCUT2D eigenvalue weighted by atomic mass is 32.2. The molecule has 0 saturated carbocycles. The lowest BCUT2D eigenvalue weighted by molar-refractivity contribution is -0.131. The molecule has 0 bridgehead atoms. The number of rotatable bonds is 5. The maximum atomic E-state index is 12.9. The monoisotopic (exact) mass is 357 g/mol. The number of aromatic nitrogens is 1. The van der Waals surface area contributed by atoms with Gasteiger partial charge < -0.3 is 9.42 Å². The van der Waals surface area contributed by atoms with Gasteiger partial charge in [-0.05, 0) is 32.6 Å². The average molecular weight is 357 g/mol. The normalized spacial score (nSPS) is 17.3. The van der Waals surface area contributed by atoms with Gasteiger partial charge in [-0.1, -0.05) is 19.0 Å². The third kappa shape index (κ3) is 4.16. The van der Waals surface area contributed by atoms with Crippen molar-refractivity contribution in [2.75, 3.05) is 26.2 Å². The summed E-state index contributed by atoms with van der Waals surface area (Å²) in [5, 5.41) is 3.74. The first kappa shape index (κ1) is 18.9. The first-order valence-electron chi connectivity index (χ1n) is 8.44. The number of hydrogen-bond acceptors (Lipinski definition) is 5. The molecule has 1 aromatic heterocycles. The second-order valence-corrected chi connectivity index (χ2v) is 8.60. The van der Waals surface area contributed by atoms with Crippen LogP contribution in [0.2, 0.25) is 0 Å². The molecule has 2 heterocycles. The van der Waals surface area contributed by atoms with E-state index in [1.54, 1.807) is 18.7 Å². The largest absolute Gasteiger partial charge is 0.360 e. The van der Waals surface area contributed by atoms with Crippen molar-refractivity contribution in [1.29, 1.82) is 0 Å². The number of carbonyl (C=O) groups excluding carboxylic acids is 1. The van der Waals surface area contributed by atoms with E-state index in [4.69, 9.17) is 4.52 Å². The summed E-state index contributed by atoms with van der Waals surface area (Å²) >= 11 is 0. The van der Waals surface area contributed by atoms with Crippen LogP contribution in [0.4, 0.5) is 0 Å². The Bertz CT molecular complexity index is 662. The molecule has 0 aromatic carbocycles.